The number of aryl methyl sites for hydroxylation is 2. The molecule has 1 aliphatic heterocycles. The van der Waals surface area contributed by atoms with Gasteiger partial charge in [-0.3, -0.25) is 0 Å². The third kappa shape index (κ3) is 3.95. The first kappa shape index (κ1) is 19.4. The van der Waals surface area contributed by atoms with Gasteiger partial charge in [0.2, 0.25) is 6.79 Å². The molecule has 0 amide bonds. The lowest BCUT2D eigenvalue weighted by molar-refractivity contribution is 0.174. The Balaban J connectivity index is 1.69. The van der Waals surface area contributed by atoms with Crippen LogP contribution in [-0.2, 0) is 13.0 Å². The monoisotopic (exact) mass is 400 g/mol. The van der Waals surface area contributed by atoms with Crippen LogP contribution in [0.15, 0.2) is 12.1 Å². The lowest BCUT2D eigenvalue weighted by Gasteiger charge is -2.12. The second-order valence-electron chi connectivity index (χ2n) is 7.50. The Bertz CT molecular complexity index is 1050. The van der Waals surface area contributed by atoms with Crippen molar-refractivity contribution in [2.45, 2.75) is 46.2 Å². The van der Waals surface area contributed by atoms with Gasteiger partial charge in [0.15, 0.2) is 28.5 Å². The molecule has 0 radical (unpaired) electrons. The number of aromatic nitrogens is 4. The molecule has 0 unspecified atom stereocenters. The van der Waals surface area contributed by atoms with Crippen LogP contribution in [0.25, 0.3) is 11.2 Å². The fourth-order valence-electron chi connectivity index (χ4n) is 3.48. The van der Waals surface area contributed by atoms with E-state index < -0.39 is 6.08 Å². The van der Waals surface area contributed by atoms with Gasteiger partial charge in [-0.05, 0) is 43.1 Å². The topological polar surface area (TPSA) is 100 Å². The van der Waals surface area contributed by atoms with E-state index in [0.29, 0.717) is 30.2 Å². The van der Waals surface area contributed by atoms with Crippen molar-refractivity contribution < 1.29 is 13.9 Å². The quantitative estimate of drug-likeness (QED) is 0.464. The highest BCUT2D eigenvalue weighted by Gasteiger charge is 2.20. The molecule has 0 bridgehead atoms. The maximum atomic E-state index is 13.8. The fraction of sp³-hybridized carbons (Fsp3) is 0.450. The second kappa shape index (κ2) is 7.82. The molecule has 29 heavy (non-hydrogen) atoms. The van der Waals surface area contributed by atoms with Crippen molar-refractivity contribution >= 4 is 17.0 Å². The Kier molecular flexibility index (Phi) is 5.23. The summed E-state index contributed by atoms with van der Waals surface area (Å²) >= 11 is 0. The van der Waals surface area contributed by atoms with E-state index in [1.807, 2.05) is 23.6 Å². The number of nitrogen functional groups attached to an aromatic ring is 1. The minimum absolute atomic E-state index is 0.0511. The van der Waals surface area contributed by atoms with Gasteiger partial charge in [0.1, 0.15) is 5.82 Å². The third-order valence-corrected chi connectivity index (χ3v) is 4.96. The molecule has 2 aromatic heterocycles. The number of benzene rings is 1. The van der Waals surface area contributed by atoms with E-state index in [1.165, 1.54) is 0 Å². The molecule has 8 nitrogen and oxygen atoms in total. The molecular weight excluding hydrogens is 375 g/mol. The lowest BCUT2D eigenvalue weighted by Crippen LogP contribution is -2.24. The van der Waals surface area contributed by atoms with Gasteiger partial charge in [0, 0.05) is 19.0 Å². The minimum atomic E-state index is -0.845. The molecule has 3 N–H and O–H groups in total. The second-order valence-corrected chi connectivity index (χ2v) is 7.50. The van der Waals surface area contributed by atoms with E-state index >= 15 is 0 Å². The SMILES string of the molecule is Cc1cc2c(cc1Cc1nc3c(N)nc(F)nc3n1CCCNC(C)C)OCO2. The highest BCUT2D eigenvalue weighted by molar-refractivity contribution is 5.82. The van der Waals surface area contributed by atoms with Crippen LogP contribution in [0.5, 0.6) is 11.5 Å². The summed E-state index contributed by atoms with van der Waals surface area (Å²) in [6, 6.07) is 4.34. The number of ether oxygens (including phenoxy) is 2. The van der Waals surface area contributed by atoms with Crippen molar-refractivity contribution in [3.63, 3.8) is 0 Å². The molecular formula is C20H25FN6O2. The van der Waals surface area contributed by atoms with Gasteiger partial charge in [-0.25, -0.2) is 4.98 Å². The highest BCUT2D eigenvalue weighted by Crippen LogP contribution is 2.35. The smallest absolute Gasteiger partial charge is 0.312 e. The molecule has 0 aliphatic carbocycles. The molecule has 1 aliphatic rings. The first-order chi connectivity index (χ1) is 13.9. The van der Waals surface area contributed by atoms with Crippen LogP contribution in [0, 0.1) is 13.0 Å². The molecule has 3 aromatic rings. The van der Waals surface area contributed by atoms with E-state index in [9.17, 15) is 4.39 Å². The molecule has 0 saturated carbocycles. The standard InChI is InChI=1S/C20H25FN6O2/c1-11(2)23-5-4-6-27-16(24-17-18(22)25-20(21)26-19(17)27)9-13-8-15-14(7-12(13)3)28-10-29-15/h7-8,11,23H,4-6,9-10H2,1-3H3,(H2,22,25,26). The normalized spacial score (nSPS) is 13.0. The molecule has 0 fully saturated rings. The number of rotatable bonds is 7. The molecule has 3 heterocycles. The Morgan fingerprint density at radius 2 is 1.97 bits per heavy atom. The summed E-state index contributed by atoms with van der Waals surface area (Å²) < 4.78 is 26.7. The van der Waals surface area contributed by atoms with Gasteiger partial charge >= 0.3 is 6.08 Å². The first-order valence-corrected chi connectivity index (χ1v) is 9.73. The molecule has 9 heteroatoms. The van der Waals surface area contributed by atoms with Crippen LogP contribution in [0.4, 0.5) is 10.2 Å². The van der Waals surface area contributed by atoms with Gasteiger partial charge in [-0.1, -0.05) is 13.8 Å². The average molecular weight is 400 g/mol. The molecule has 0 spiro atoms. The predicted molar refractivity (Wildman–Crippen MR) is 108 cm³/mol. The number of nitrogens with zero attached hydrogens (tertiary/aromatic N) is 4. The maximum absolute atomic E-state index is 13.8. The van der Waals surface area contributed by atoms with Crippen LogP contribution in [0.2, 0.25) is 0 Å². The van der Waals surface area contributed by atoms with Crippen molar-refractivity contribution in [2.75, 3.05) is 19.1 Å². The molecule has 1 aromatic carbocycles. The van der Waals surface area contributed by atoms with Crippen molar-refractivity contribution in [1.82, 2.24) is 24.8 Å². The minimum Gasteiger partial charge on any atom is -0.454 e. The van der Waals surface area contributed by atoms with Gasteiger partial charge in [0.05, 0.1) is 0 Å². The summed E-state index contributed by atoms with van der Waals surface area (Å²) in [4.78, 5) is 12.2. The number of fused-ring (bicyclic) bond motifs is 2. The molecule has 154 valence electrons. The zero-order chi connectivity index (χ0) is 20.5. The van der Waals surface area contributed by atoms with E-state index in [4.69, 9.17) is 15.2 Å². The van der Waals surface area contributed by atoms with Crippen molar-refractivity contribution in [3.8, 4) is 11.5 Å². The Morgan fingerprint density at radius 1 is 1.21 bits per heavy atom. The summed E-state index contributed by atoms with van der Waals surface area (Å²) in [5.41, 5.74) is 8.89. The van der Waals surface area contributed by atoms with Crippen LogP contribution in [-0.4, -0.2) is 38.9 Å². The van der Waals surface area contributed by atoms with Gasteiger partial charge in [-0.15, -0.1) is 0 Å². The van der Waals surface area contributed by atoms with Crippen LogP contribution in [0.3, 0.4) is 0 Å². The van der Waals surface area contributed by atoms with Crippen LogP contribution < -0.4 is 20.5 Å². The fourth-order valence-corrected chi connectivity index (χ4v) is 3.48. The Labute approximate surface area is 168 Å². The number of halogens is 1. The number of nitrogens with one attached hydrogen (secondary N) is 1. The number of hydrogen-bond donors (Lipinski definition) is 2. The largest absolute Gasteiger partial charge is 0.454 e. The molecule has 0 atom stereocenters. The van der Waals surface area contributed by atoms with Gasteiger partial charge in [-0.2, -0.15) is 14.4 Å². The average Bonchev–Trinajstić information content (AvgIpc) is 3.23. The summed E-state index contributed by atoms with van der Waals surface area (Å²) in [5, 5.41) is 3.39. The zero-order valence-corrected chi connectivity index (χ0v) is 16.8. The summed E-state index contributed by atoms with van der Waals surface area (Å²) in [5.74, 6) is 2.28. The summed E-state index contributed by atoms with van der Waals surface area (Å²) in [6.07, 6.45) is 0.544. The Hall–Kier alpha value is -2.94. The third-order valence-electron chi connectivity index (χ3n) is 4.96. The summed E-state index contributed by atoms with van der Waals surface area (Å²) in [6.45, 7) is 7.93. The van der Waals surface area contributed by atoms with Crippen molar-refractivity contribution in [2.24, 2.45) is 0 Å². The lowest BCUT2D eigenvalue weighted by atomic mass is 10.0. The number of nitrogens with two attached hydrogens (primary N) is 1. The van der Waals surface area contributed by atoms with Crippen molar-refractivity contribution in [1.29, 1.82) is 0 Å². The molecule has 4 rings (SSSR count). The Morgan fingerprint density at radius 3 is 2.72 bits per heavy atom. The molecule has 0 saturated heterocycles. The maximum Gasteiger partial charge on any atom is 0.312 e. The van der Waals surface area contributed by atoms with Crippen LogP contribution >= 0.6 is 0 Å². The van der Waals surface area contributed by atoms with E-state index in [2.05, 4.69) is 34.1 Å². The predicted octanol–water partition coefficient (Wildman–Crippen LogP) is 2.56. The first-order valence-electron chi connectivity index (χ1n) is 9.73. The van der Waals surface area contributed by atoms with E-state index in [0.717, 1.165) is 41.4 Å². The number of imidazole rings is 1. The van der Waals surface area contributed by atoms with E-state index in [1.54, 1.807) is 0 Å². The highest BCUT2D eigenvalue weighted by atomic mass is 19.1. The van der Waals surface area contributed by atoms with Gasteiger partial charge in [0.25, 0.3) is 0 Å². The van der Waals surface area contributed by atoms with Gasteiger partial charge < -0.3 is 25.1 Å². The zero-order valence-electron chi connectivity index (χ0n) is 16.8. The summed E-state index contributed by atoms with van der Waals surface area (Å²) in [7, 11) is 0. The van der Waals surface area contributed by atoms with Crippen molar-refractivity contribution in [3.05, 3.63) is 35.2 Å². The van der Waals surface area contributed by atoms with Crippen LogP contribution in [0.1, 0.15) is 37.2 Å². The number of anilines is 1. The van der Waals surface area contributed by atoms with E-state index in [-0.39, 0.29) is 12.6 Å². The number of hydrogen-bond acceptors (Lipinski definition) is 7.